The molecule has 1 atom stereocenters. The van der Waals surface area contributed by atoms with Gasteiger partial charge in [-0.2, -0.15) is 0 Å². The van der Waals surface area contributed by atoms with E-state index >= 15 is 0 Å². The van der Waals surface area contributed by atoms with E-state index in [9.17, 15) is 4.79 Å². The molecular weight excluding hydrogens is 228 g/mol. The van der Waals surface area contributed by atoms with Gasteiger partial charge in [-0.3, -0.25) is 5.32 Å². The summed E-state index contributed by atoms with van der Waals surface area (Å²) in [4.78, 5) is 11.0. The molecule has 1 unspecified atom stereocenters. The van der Waals surface area contributed by atoms with Crippen LogP contribution in [0, 0.1) is 0 Å². The lowest BCUT2D eigenvalue weighted by molar-refractivity contribution is 0.187. The Labute approximate surface area is 109 Å². The molecule has 1 aromatic carbocycles. The number of carbonyl (C=O) groups excluding carboxylic acids is 1. The van der Waals surface area contributed by atoms with Crippen LogP contribution in [0.2, 0.25) is 0 Å². The number of carbonyl (C=O) groups is 1. The third kappa shape index (κ3) is 4.65. The summed E-state index contributed by atoms with van der Waals surface area (Å²) >= 11 is 0. The van der Waals surface area contributed by atoms with Crippen molar-refractivity contribution in [2.75, 3.05) is 17.7 Å². The highest BCUT2D eigenvalue weighted by Gasteiger charge is 2.05. The van der Waals surface area contributed by atoms with Gasteiger partial charge in [-0.15, -0.1) is 0 Å². The van der Waals surface area contributed by atoms with Crippen molar-refractivity contribution in [2.24, 2.45) is 0 Å². The second-order valence-electron chi connectivity index (χ2n) is 4.23. The van der Waals surface area contributed by atoms with Crippen LogP contribution in [-0.2, 0) is 4.74 Å². The van der Waals surface area contributed by atoms with Gasteiger partial charge in [0.25, 0.3) is 0 Å². The number of nitrogens with one attached hydrogen (secondary N) is 2. The van der Waals surface area contributed by atoms with Gasteiger partial charge >= 0.3 is 6.09 Å². The predicted molar refractivity (Wildman–Crippen MR) is 75.1 cm³/mol. The van der Waals surface area contributed by atoms with Gasteiger partial charge in [0.15, 0.2) is 0 Å². The van der Waals surface area contributed by atoms with Crippen LogP contribution in [0.4, 0.5) is 16.2 Å². The van der Waals surface area contributed by atoms with Crippen molar-refractivity contribution >= 4 is 17.5 Å². The van der Waals surface area contributed by atoms with Crippen molar-refractivity contribution in [3.05, 3.63) is 24.3 Å². The van der Waals surface area contributed by atoms with Crippen molar-refractivity contribution in [3.63, 3.8) is 0 Å². The Bertz CT molecular complexity index is 363. The molecule has 1 rings (SSSR count). The van der Waals surface area contributed by atoms with E-state index in [0.29, 0.717) is 6.04 Å². The molecule has 0 bridgehead atoms. The highest BCUT2D eigenvalue weighted by molar-refractivity contribution is 5.84. The fourth-order valence-electron chi connectivity index (χ4n) is 1.78. The van der Waals surface area contributed by atoms with E-state index < -0.39 is 6.09 Å². The third-order valence-corrected chi connectivity index (χ3v) is 2.82. The molecule has 0 radical (unpaired) electrons. The molecule has 0 aliphatic carbocycles. The van der Waals surface area contributed by atoms with Crippen LogP contribution in [0.15, 0.2) is 24.3 Å². The van der Waals surface area contributed by atoms with Gasteiger partial charge in [-0.1, -0.05) is 20.3 Å². The smallest absolute Gasteiger partial charge is 0.411 e. The van der Waals surface area contributed by atoms with E-state index in [-0.39, 0.29) is 0 Å². The monoisotopic (exact) mass is 250 g/mol. The lowest BCUT2D eigenvalue weighted by Gasteiger charge is -2.17. The van der Waals surface area contributed by atoms with Gasteiger partial charge in [0.2, 0.25) is 0 Å². The van der Waals surface area contributed by atoms with E-state index in [1.165, 1.54) is 20.0 Å². The van der Waals surface area contributed by atoms with E-state index in [0.717, 1.165) is 17.8 Å². The van der Waals surface area contributed by atoms with E-state index in [2.05, 4.69) is 29.2 Å². The fourth-order valence-corrected chi connectivity index (χ4v) is 1.78. The van der Waals surface area contributed by atoms with E-state index in [1.54, 1.807) is 0 Å². The molecule has 0 fully saturated rings. The normalized spacial score (nSPS) is 11.7. The van der Waals surface area contributed by atoms with E-state index in [4.69, 9.17) is 0 Å². The van der Waals surface area contributed by atoms with Gasteiger partial charge in [0.05, 0.1) is 7.11 Å². The second kappa shape index (κ2) is 7.58. The molecule has 0 aliphatic heterocycles. The first-order chi connectivity index (χ1) is 8.69. The molecule has 0 saturated carbocycles. The molecule has 2 N–H and O–H groups in total. The first kappa shape index (κ1) is 14.4. The summed E-state index contributed by atoms with van der Waals surface area (Å²) in [6, 6.07) is 8.15. The zero-order chi connectivity index (χ0) is 13.4. The van der Waals surface area contributed by atoms with Crippen LogP contribution >= 0.6 is 0 Å². The molecule has 18 heavy (non-hydrogen) atoms. The minimum atomic E-state index is -0.451. The average Bonchev–Trinajstić information content (AvgIpc) is 2.40. The predicted octanol–water partition coefficient (Wildman–Crippen LogP) is 3.86. The molecule has 1 aromatic rings. The molecule has 1 amide bonds. The van der Waals surface area contributed by atoms with Crippen LogP contribution in [0.25, 0.3) is 0 Å². The lowest BCUT2D eigenvalue weighted by Crippen LogP contribution is -2.17. The number of benzene rings is 1. The summed E-state index contributed by atoms with van der Waals surface area (Å²) in [5.74, 6) is 0. The van der Waals surface area contributed by atoms with Crippen molar-refractivity contribution in [1.29, 1.82) is 0 Å². The summed E-state index contributed by atoms with van der Waals surface area (Å²) in [6.07, 6.45) is 3.00. The Morgan fingerprint density at radius 3 is 2.33 bits per heavy atom. The Balaban J connectivity index is 2.56. The maximum Gasteiger partial charge on any atom is 0.411 e. The summed E-state index contributed by atoms with van der Waals surface area (Å²) in [6.45, 7) is 4.37. The van der Waals surface area contributed by atoms with Crippen LogP contribution in [0.3, 0.4) is 0 Å². The summed E-state index contributed by atoms with van der Waals surface area (Å²) in [5, 5.41) is 6.10. The molecule has 0 aliphatic rings. The number of methoxy groups -OCH3 is 1. The molecule has 0 spiro atoms. The summed E-state index contributed by atoms with van der Waals surface area (Å²) < 4.78 is 4.53. The van der Waals surface area contributed by atoms with Crippen molar-refractivity contribution < 1.29 is 9.53 Å². The van der Waals surface area contributed by atoms with Gasteiger partial charge in [0, 0.05) is 17.4 Å². The van der Waals surface area contributed by atoms with E-state index in [1.807, 2.05) is 24.3 Å². The van der Waals surface area contributed by atoms with Crippen LogP contribution in [-0.4, -0.2) is 19.2 Å². The van der Waals surface area contributed by atoms with Gasteiger partial charge in [-0.05, 0) is 37.1 Å². The highest BCUT2D eigenvalue weighted by atomic mass is 16.5. The Kier molecular flexibility index (Phi) is 6.05. The topological polar surface area (TPSA) is 50.4 Å². The quantitative estimate of drug-likeness (QED) is 0.806. The van der Waals surface area contributed by atoms with Crippen LogP contribution in [0.1, 0.15) is 33.1 Å². The maximum atomic E-state index is 11.0. The second-order valence-corrected chi connectivity index (χ2v) is 4.23. The molecule has 4 nitrogen and oxygen atoms in total. The number of hydrogen-bond acceptors (Lipinski definition) is 3. The molecule has 0 aromatic heterocycles. The fraction of sp³-hybridized carbons (Fsp3) is 0.500. The Morgan fingerprint density at radius 2 is 1.83 bits per heavy atom. The zero-order valence-corrected chi connectivity index (χ0v) is 11.3. The van der Waals surface area contributed by atoms with Crippen molar-refractivity contribution in [3.8, 4) is 0 Å². The molecule has 100 valence electrons. The Morgan fingerprint density at radius 1 is 1.22 bits per heavy atom. The number of anilines is 2. The Hall–Kier alpha value is -1.71. The highest BCUT2D eigenvalue weighted by Crippen LogP contribution is 2.16. The average molecular weight is 250 g/mol. The molecule has 0 heterocycles. The lowest BCUT2D eigenvalue weighted by atomic mass is 10.1. The zero-order valence-electron chi connectivity index (χ0n) is 11.3. The number of amides is 1. The number of ether oxygens (including phenoxy) is 1. The third-order valence-electron chi connectivity index (χ3n) is 2.82. The SMILES string of the molecule is CCCC(CC)Nc1ccc(NC(=O)OC)cc1. The van der Waals surface area contributed by atoms with Crippen molar-refractivity contribution in [1.82, 2.24) is 0 Å². The molecule has 4 heteroatoms. The van der Waals surface area contributed by atoms with Gasteiger partial charge in [0.1, 0.15) is 0 Å². The first-order valence-corrected chi connectivity index (χ1v) is 6.41. The van der Waals surface area contributed by atoms with Crippen molar-refractivity contribution in [2.45, 2.75) is 39.2 Å². The molecule has 0 saturated heterocycles. The van der Waals surface area contributed by atoms with Crippen LogP contribution in [0.5, 0.6) is 0 Å². The number of rotatable bonds is 6. The van der Waals surface area contributed by atoms with Gasteiger partial charge in [-0.25, -0.2) is 4.79 Å². The minimum Gasteiger partial charge on any atom is -0.453 e. The van der Waals surface area contributed by atoms with Crippen LogP contribution < -0.4 is 10.6 Å². The summed E-state index contributed by atoms with van der Waals surface area (Å²) in [7, 11) is 1.35. The largest absolute Gasteiger partial charge is 0.453 e. The standard InChI is InChI=1S/C14H22N2O2/c1-4-6-11(5-2)15-12-7-9-13(10-8-12)16-14(17)18-3/h7-11,15H,4-6H2,1-3H3,(H,16,17). The van der Waals surface area contributed by atoms with Gasteiger partial charge < -0.3 is 10.1 Å². The summed E-state index contributed by atoms with van der Waals surface area (Å²) in [5.41, 5.74) is 1.81. The number of hydrogen-bond donors (Lipinski definition) is 2. The minimum absolute atomic E-state index is 0.451. The first-order valence-electron chi connectivity index (χ1n) is 6.41. The molecular formula is C14H22N2O2. The maximum absolute atomic E-state index is 11.0.